The highest BCUT2D eigenvalue weighted by atomic mass is 35.5. The van der Waals surface area contributed by atoms with Crippen LogP contribution in [0.2, 0.25) is 5.02 Å². The summed E-state index contributed by atoms with van der Waals surface area (Å²) in [5.41, 5.74) is 2.21. The number of carbonyl (C=O) groups is 3. The lowest BCUT2D eigenvalue weighted by Gasteiger charge is -2.35. The Balaban J connectivity index is 1.28. The summed E-state index contributed by atoms with van der Waals surface area (Å²) in [4.78, 5) is 47.6. The molecule has 1 aromatic carbocycles. The minimum atomic E-state index is -0.644. The van der Waals surface area contributed by atoms with Crippen LogP contribution in [0.3, 0.4) is 0 Å². The zero-order valence-electron chi connectivity index (χ0n) is 17.0. The third kappa shape index (κ3) is 3.40. The van der Waals surface area contributed by atoms with Crippen molar-refractivity contribution in [3.05, 3.63) is 58.9 Å². The molecule has 3 aliphatic rings. The van der Waals surface area contributed by atoms with E-state index in [4.69, 9.17) is 11.6 Å². The van der Waals surface area contributed by atoms with Gasteiger partial charge in [-0.15, -0.1) is 0 Å². The molecule has 1 aromatic heterocycles. The number of piperazine rings is 1. The van der Waals surface area contributed by atoms with Gasteiger partial charge in [-0.25, -0.2) is 9.59 Å². The maximum Gasteiger partial charge on any atom is 0.327 e. The van der Waals surface area contributed by atoms with Crippen LogP contribution in [-0.4, -0.2) is 69.4 Å². The molecule has 0 radical (unpaired) electrons. The van der Waals surface area contributed by atoms with Gasteiger partial charge in [0.05, 0.1) is 22.9 Å². The van der Waals surface area contributed by atoms with Gasteiger partial charge in [-0.05, 0) is 25.0 Å². The summed E-state index contributed by atoms with van der Waals surface area (Å²) in [5.74, 6) is -0.0351. The van der Waals surface area contributed by atoms with E-state index in [1.165, 1.54) is 4.90 Å². The van der Waals surface area contributed by atoms with Gasteiger partial charge in [0.2, 0.25) is 0 Å². The molecule has 5 amide bonds. The van der Waals surface area contributed by atoms with Gasteiger partial charge < -0.3 is 15.1 Å². The first-order chi connectivity index (χ1) is 15.0. The average molecular weight is 440 g/mol. The molecule has 3 fully saturated rings. The van der Waals surface area contributed by atoms with Crippen LogP contribution in [0.1, 0.15) is 23.6 Å². The lowest BCUT2D eigenvalue weighted by molar-refractivity contribution is -0.129. The summed E-state index contributed by atoms with van der Waals surface area (Å²) in [5, 5.41) is 3.19. The molecular weight excluding hydrogens is 418 g/mol. The van der Waals surface area contributed by atoms with Crippen LogP contribution in [-0.2, 0) is 4.79 Å². The first kappa shape index (κ1) is 19.8. The fourth-order valence-corrected chi connectivity index (χ4v) is 4.74. The number of aryl methyl sites for hydroxylation is 1. The molecule has 3 heterocycles. The van der Waals surface area contributed by atoms with E-state index in [1.807, 2.05) is 30.3 Å². The fraction of sp³-hybridized carbons (Fsp3) is 0.364. The van der Waals surface area contributed by atoms with E-state index >= 15 is 0 Å². The van der Waals surface area contributed by atoms with Crippen molar-refractivity contribution in [1.29, 1.82) is 0 Å². The number of benzene rings is 1. The zero-order valence-corrected chi connectivity index (χ0v) is 17.7. The first-order valence-electron chi connectivity index (χ1n) is 10.3. The smallest absolute Gasteiger partial charge is 0.320 e. The number of halogens is 1. The van der Waals surface area contributed by atoms with Crippen LogP contribution < -0.4 is 5.32 Å². The number of hydrogen-bond acceptors (Lipinski definition) is 4. The van der Waals surface area contributed by atoms with E-state index in [-0.39, 0.29) is 36.5 Å². The first-order valence-corrected chi connectivity index (χ1v) is 10.7. The third-order valence-electron chi connectivity index (χ3n) is 6.28. The lowest BCUT2D eigenvalue weighted by atomic mass is 10.1. The highest BCUT2D eigenvalue weighted by molar-refractivity contribution is 6.33. The number of fused-ring (bicyclic) bond motifs is 1. The van der Waals surface area contributed by atoms with Crippen LogP contribution in [0, 0.1) is 6.92 Å². The molecule has 0 unspecified atom stereocenters. The molecule has 9 heteroatoms. The molecule has 31 heavy (non-hydrogen) atoms. The van der Waals surface area contributed by atoms with Gasteiger partial charge in [-0.3, -0.25) is 14.7 Å². The second kappa shape index (κ2) is 7.53. The van der Waals surface area contributed by atoms with Crippen molar-refractivity contribution in [2.24, 2.45) is 0 Å². The highest BCUT2D eigenvalue weighted by Crippen LogP contribution is 2.46. The molecule has 8 nitrogen and oxygen atoms in total. The van der Waals surface area contributed by atoms with Crippen molar-refractivity contribution in [3.63, 3.8) is 0 Å². The number of anilines is 1. The summed E-state index contributed by atoms with van der Waals surface area (Å²) in [6.45, 7) is 2.59. The number of hydrogen-bond donors (Lipinski definition) is 1. The van der Waals surface area contributed by atoms with Crippen molar-refractivity contribution in [1.82, 2.24) is 19.7 Å². The summed E-state index contributed by atoms with van der Waals surface area (Å²) in [7, 11) is 0. The molecular formula is C22H22ClN5O3. The largest absolute Gasteiger partial charge is 0.327 e. The number of pyridine rings is 1. The molecule has 2 aromatic rings. The molecule has 1 N–H and O–H groups in total. The molecule has 160 valence electrons. The lowest BCUT2D eigenvalue weighted by Crippen LogP contribution is -2.55. The van der Waals surface area contributed by atoms with E-state index in [2.05, 4.69) is 10.3 Å². The quantitative estimate of drug-likeness (QED) is 0.745. The molecule has 2 saturated heterocycles. The maximum atomic E-state index is 13.1. The van der Waals surface area contributed by atoms with Gasteiger partial charge in [0.25, 0.3) is 5.91 Å². The Morgan fingerprint density at radius 2 is 1.94 bits per heavy atom. The summed E-state index contributed by atoms with van der Waals surface area (Å²) < 4.78 is 0. The fourth-order valence-electron chi connectivity index (χ4n) is 4.50. The second-order valence-corrected chi connectivity index (χ2v) is 8.56. The van der Waals surface area contributed by atoms with Crippen LogP contribution in [0.4, 0.5) is 15.3 Å². The average Bonchev–Trinajstić information content (AvgIpc) is 3.52. The third-order valence-corrected chi connectivity index (χ3v) is 6.59. The molecule has 1 saturated carbocycles. The molecule has 3 atom stereocenters. The van der Waals surface area contributed by atoms with E-state index in [0.29, 0.717) is 29.5 Å². The standard InChI is InChI=1S/C22H22ClN5O3/c1-13-19(16(23)7-8-24-13)25-21(30)26-9-10-27-18(12-26)20(29)28(22(27)31)17-11-15(17)14-5-3-2-4-6-14/h2-8,15,17-18H,9-12H2,1H3,(H,25,30)/t15-,17+,18+/m1/s1. The number of urea groups is 2. The van der Waals surface area contributed by atoms with Gasteiger partial charge in [0.15, 0.2) is 0 Å². The normalized spacial score (nSPS) is 25.0. The molecule has 5 rings (SSSR count). The number of amides is 5. The van der Waals surface area contributed by atoms with Gasteiger partial charge in [-0.1, -0.05) is 41.9 Å². The SMILES string of the molecule is Cc1nccc(Cl)c1NC(=O)N1CCN2C(=O)N([C@H]3C[C@@H]3c3ccccc3)C(=O)[C@@H]2C1. The minimum Gasteiger partial charge on any atom is -0.320 e. The number of nitrogens with one attached hydrogen (secondary N) is 1. The summed E-state index contributed by atoms with van der Waals surface area (Å²) in [6.07, 6.45) is 2.36. The van der Waals surface area contributed by atoms with Crippen LogP contribution in [0.25, 0.3) is 0 Å². The van der Waals surface area contributed by atoms with Gasteiger partial charge in [0.1, 0.15) is 6.04 Å². The molecule has 1 aliphatic carbocycles. The van der Waals surface area contributed by atoms with Gasteiger partial charge in [-0.2, -0.15) is 0 Å². The second-order valence-electron chi connectivity index (χ2n) is 8.15. The van der Waals surface area contributed by atoms with Crippen LogP contribution >= 0.6 is 11.6 Å². The summed E-state index contributed by atoms with van der Waals surface area (Å²) >= 11 is 6.18. The number of nitrogens with zero attached hydrogens (tertiary/aromatic N) is 4. The van der Waals surface area contributed by atoms with Gasteiger partial charge >= 0.3 is 12.1 Å². The maximum absolute atomic E-state index is 13.1. The van der Waals surface area contributed by atoms with E-state index in [0.717, 1.165) is 12.0 Å². The predicted octanol–water partition coefficient (Wildman–Crippen LogP) is 3.08. The Bertz CT molecular complexity index is 1040. The van der Waals surface area contributed by atoms with E-state index < -0.39 is 6.04 Å². The molecule has 0 spiro atoms. The Morgan fingerprint density at radius 3 is 2.68 bits per heavy atom. The predicted molar refractivity (Wildman–Crippen MR) is 115 cm³/mol. The minimum absolute atomic E-state index is 0.105. The van der Waals surface area contributed by atoms with Crippen LogP contribution in [0.5, 0.6) is 0 Å². The van der Waals surface area contributed by atoms with Crippen molar-refractivity contribution < 1.29 is 14.4 Å². The monoisotopic (exact) mass is 439 g/mol. The number of imide groups is 1. The summed E-state index contributed by atoms with van der Waals surface area (Å²) in [6, 6.07) is 10.2. The van der Waals surface area contributed by atoms with Crippen molar-refractivity contribution in [2.75, 3.05) is 25.0 Å². The Kier molecular flexibility index (Phi) is 4.81. The Labute approximate surface area is 184 Å². The molecule has 0 bridgehead atoms. The van der Waals surface area contributed by atoms with Crippen LogP contribution in [0.15, 0.2) is 42.6 Å². The Hall–Kier alpha value is -3.13. The van der Waals surface area contributed by atoms with E-state index in [1.54, 1.807) is 29.0 Å². The topological polar surface area (TPSA) is 85.8 Å². The van der Waals surface area contributed by atoms with E-state index in [9.17, 15) is 14.4 Å². The Morgan fingerprint density at radius 1 is 1.16 bits per heavy atom. The van der Waals surface area contributed by atoms with Crippen molar-refractivity contribution in [3.8, 4) is 0 Å². The van der Waals surface area contributed by atoms with Gasteiger partial charge in [0, 0.05) is 31.2 Å². The van der Waals surface area contributed by atoms with Crippen molar-refractivity contribution >= 4 is 35.3 Å². The molecule has 2 aliphatic heterocycles. The van der Waals surface area contributed by atoms with Crippen molar-refractivity contribution in [2.45, 2.75) is 31.3 Å². The zero-order chi connectivity index (χ0) is 21.7. The number of carbonyl (C=O) groups excluding carboxylic acids is 3. The highest BCUT2D eigenvalue weighted by Gasteiger charge is 2.56. The number of rotatable bonds is 3. The number of aromatic nitrogens is 1.